The van der Waals surface area contributed by atoms with Gasteiger partial charge in [0.15, 0.2) is 0 Å². The quantitative estimate of drug-likeness (QED) is 0.891. The Morgan fingerprint density at radius 1 is 1.18 bits per heavy atom. The van der Waals surface area contributed by atoms with E-state index in [0.717, 1.165) is 5.57 Å². The van der Waals surface area contributed by atoms with Gasteiger partial charge in [-0.05, 0) is 25.8 Å². The van der Waals surface area contributed by atoms with Crippen LogP contribution in [0.5, 0.6) is 0 Å². The number of allylic oxidation sites excluding steroid dienone is 3. The van der Waals surface area contributed by atoms with E-state index in [4.69, 9.17) is 10.2 Å². The standard InChI is InChI=1S/C9H10O4.C9H10/c1-9(8(12)13)4-2-3-6(5-9)7(10)11;1-8(2)9-6-4-3-5-7-9/h2-4H,5H2,1H3,(H,10,11)(H,12,13);3-7H,1H2,2H3. The molecule has 0 amide bonds. The summed E-state index contributed by atoms with van der Waals surface area (Å²) in [7, 11) is 0. The highest BCUT2D eigenvalue weighted by atomic mass is 16.4. The Morgan fingerprint density at radius 3 is 2.18 bits per heavy atom. The highest BCUT2D eigenvalue weighted by Crippen LogP contribution is 2.31. The molecule has 1 unspecified atom stereocenters. The molecule has 1 aromatic carbocycles. The predicted molar refractivity (Wildman–Crippen MR) is 86.4 cm³/mol. The summed E-state index contributed by atoms with van der Waals surface area (Å²) in [6.45, 7) is 7.34. The molecule has 0 bridgehead atoms. The molecule has 22 heavy (non-hydrogen) atoms. The zero-order chi connectivity index (χ0) is 16.8. The van der Waals surface area contributed by atoms with Crippen LogP contribution in [0.1, 0.15) is 25.8 Å². The summed E-state index contributed by atoms with van der Waals surface area (Å²) in [6, 6.07) is 10.2. The van der Waals surface area contributed by atoms with Crippen molar-refractivity contribution in [3.05, 3.63) is 66.3 Å². The van der Waals surface area contributed by atoms with Crippen LogP contribution in [0.25, 0.3) is 5.57 Å². The zero-order valence-corrected chi connectivity index (χ0v) is 12.7. The third kappa shape index (κ3) is 4.74. The second-order valence-corrected chi connectivity index (χ2v) is 5.40. The van der Waals surface area contributed by atoms with Crippen LogP contribution in [0.2, 0.25) is 0 Å². The zero-order valence-electron chi connectivity index (χ0n) is 12.7. The molecular formula is C18H20O4. The topological polar surface area (TPSA) is 74.6 Å². The molecule has 0 saturated carbocycles. The molecule has 0 aliphatic heterocycles. The third-order valence-electron chi connectivity index (χ3n) is 3.35. The first-order valence-electron chi connectivity index (χ1n) is 6.82. The lowest BCUT2D eigenvalue weighted by Gasteiger charge is -2.23. The fourth-order valence-corrected chi connectivity index (χ4v) is 1.91. The second-order valence-electron chi connectivity index (χ2n) is 5.40. The van der Waals surface area contributed by atoms with Crippen molar-refractivity contribution in [2.45, 2.75) is 20.3 Å². The van der Waals surface area contributed by atoms with Crippen LogP contribution >= 0.6 is 0 Å². The molecule has 1 aromatic rings. The van der Waals surface area contributed by atoms with Crippen LogP contribution in [-0.2, 0) is 9.59 Å². The summed E-state index contributed by atoms with van der Waals surface area (Å²) in [5.41, 5.74) is 1.39. The number of carboxylic acid groups (broad SMARTS) is 2. The SMILES string of the molecule is C=C(C)c1ccccc1.CC1(C(=O)O)C=CC=C(C(=O)O)C1. The van der Waals surface area contributed by atoms with Crippen molar-refractivity contribution in [3.63, 3.8) is 0 Å². The number of carboxylic acids is 2. The Morgan fingerprint density at radius 2 is 1.77 bits per heavy atom. The van der Waals surface area contributed by atoms with Crippen molar-refractivity contribution >= 4 is 17.5 Å². The lowest BCUT2D eigenvalue weighted by atomic mass is 9.80. The van der Waals surface area contributed by atoms with Gasteiger partial charge in [0, 0.05) is 5.57 Å². The van der Waals surface area contributed by atoms with E-state index in [2.05, 4.69) is 18.7 Å². The van der Waals surface area contributed by atoms with Gasteiger partial charge in [0.1, 0.15) is 0 Å². The van der Waals surface area contributed by atoms with Crippen LogP contribution in [0.4, 0.5) is 0 Å². The number of aliphatic carboxylic acids is 2. The van der Waals surface area contributed by atoms with Crippen LogP contribution < -0.4 is 0 Å². The molecule has 4 heteroatoms. The van der Waals surface area contributed by atoms with Gasteiger partial charge in [0.2, 0.25) is 0 Å². The van der Waals surface area contributed by atoms with E-state index in [9.17, 15) is 9.59 Å². The largest absolute Gasteiger partial charge is 0.481 e. The molecule has 1 aliphatic rings. The van der Waals surface area contributed by atoms with Gasteiger partial charge < -0.3 is 10.2 Å². The fourth-order valence-electron chi connectivity index (χ4n) is 1.91. The predicted octanol–water partition coefficient (Wildman–Crippen LogP) is 3.77. The van der Waals surface area contributed by atoms with Crippen molar-refractivity contribution in [3.8, 4) is 0 Å². The van der Waals surface area contributed by atoms with Crippen LogP contribution in [0, 0.1) is 5.41 Å². The third-order valence-corrected chi connectivity index (χ3v) is 3.35. The minimum atomic E-state index is -1.08. The van der Waals surface area contributed by atoms with E-state index in [0.29, 0.717) is 0 Å². The van der Waals surface area contributed by atoms with Gasteiger partial charge in [0.25, 0.3) is 0 Å². The van der Waals surface area contributed by atoms with Gasteiger partial charge in [-0.25, -0.2) is 4.79 Å². The smallest absolute Gasteiger partial charge is 0.331 e. The van der Waals surface area contributed by atoms with Gasteiger partial charge in [0.05, 0.1) is 5.41 Å². The van der Waals surface area contributed by atoms with Crippen LogP contribution in [0.3, 0.4) is 0 Å². The fraction of sp³-hybridized carbons (Fsp3) is 0.222. The molecule has 2 N–H and O–H groups in total. The van der Waals surface area contributed by atoms with E-state index < -0.39 is 17.4 Å². The number of rotatable bonds is 3. The van der Waals surface area contributed by atoms with Gasteiger partial charge in [-0.2, -0.15) is 0 Å². The molecule has 0 saturated heterocycles. The molecule has 2 rings (SSSR count). The normalized spacial score (nSPS) is 19.5. The van der Waals surface area contributed by atoms with Crippen LogP contribution in [-0.4, -0.2) is 22.2 Å². The summed E-state index contributed by atoms with van der Waals surface area (Å²) < 4.78 is 0. The monoisotopic (exact) mass is 300 g/mol. The van der Waals surface area contributed by atoms with Gasteiger partial charge in [-0.1, -0.05) is 60.7 Å². The Labute approximate surface area is 130 Å². The van der Waals surface area contributed by atoms with E-state index in [1.807, 2.05) is 25.1 Å². The highest BCUT2D eigenvalue weighted by Gasteiger charge is 2.34. The Balaban J connectivity index is 0.000000235. The van der Waals surface area contributed by atoms with Gasteiger partial charge >= 0.3 is 11.9 Å². The molecule has 116 valence electrons. The van der Waals surface area contributed by atoms with Crippen molar-refractivity contribution < 1.29 is 19.8 Å². The maximum absolute atomic E-state index is 10.8. The molecule has 0 spiro atoms. The van der Waals surface area contributed by atoms with E-state index in [-0.39, 0.29) is 12.0 Å². The summed E-state index contributed by atoms with van der Waals surface area (Å²) in [6.07, 6.45) is 4.43. The molecule has 4 nitrogen and oxygen atoms in total. The summed E-state index contributed by atoms with van der Waals surface area (Å²) in [4.78, 5) is 21.3. The molecule has 1 aliphatic carbocycles. The number of carbonyl (C=O) groups is 2. The van der Waals surface area contributed by atoms with Crippen molar-refractivity contribution in [1.82, 2.24) is 0 Å². The molecule has 1 atom stereocenters. The van der Waals surface area contributed by atoms with Crippen molar-refractivity contribution in [1.29, 1.82) is 0 Å². The van der Waals surface area contributed by atoms with E-state index >= 15 is 0 Å². The first kappa shape index (κ1) is 17.4. The number of hydrogen-bond donors (Lipinski definition) is 2. The van der Waals surface area contributed by atoms with E-state index in [1.165, 1.54) is 30.7 Å². The minimum absolute atomic E-state index is 0.0359. The maximum atomic E-state index is 10.8. The van der Waals surface area contributed by atoms with Gasteiger partial charge in [-0.15, -0.1) is 0 Å². The Kier molecular flexibility index (Phi) is 5.87. The Bertz CT molecular complexity index is 626. The summed E-state index contributed by atoms with van der Waals surface area (Å²) >= 11 is 0. The van der Waals surface area contributed by atoms with Crippen molar-refractivity contribution in [2.24, 2.45) is 5.41 Å². The maximum Gasteiger partial charge on any atom is 0.331 e. The summed E-state index contributed by atoms with van der Waals surface area (Å²) in [5, 5.41) is 17.5. The average Bonchev–Trinajstić information content (AvgIpc) is 2.48. The Hall–Kier alpha value is -2.62. The first-order valence-corrected chi connectivity index (χ1v) is 6.82. The molecular weight excluding hydrogens is 280 g/mol. The lowest BCUT2D eigenvalue weighted by Crippen LogP contribution is -2.28. The second kappa shape index (κ2) is 7.41. The molecule has 0 radical (unpaired) electrons. The van der Waals surface area contributed by atoms with Crippen LogP contribution in [0.15, 0.2) is 60.7 Å². The molecule has 0 fully saturated rings. The average molecular weight is 300 g/mol. The number of benzene rings is 1. The van der Waals surface area contributed by atoms with E-state index in [1.54, 1.807) is 0 Å². The highest BCUT2D eigenvalue weighted by molar-refractivity contribution is 5.90. The first-order chi connectivity index (χ1) is 10.3. The summed E-state index contributed by atoms with van der Waals surface area (Å²) in [5.74, 6) is -2.06. The van der Waals surface area contributed by atoms with Gasteiger partial charge in [-0.3, -0.25) is 4.79 Å². The molecule has 0 heterocycles. The van der Waals surface area contributed by atoms with Crippen molar-refractivity contribution in [2.75, 3.05) is 0 Å². The molecule has 0 aromatic heterocycles. The lowest BCUT2D eigenvalue weighted by molar-refractivity contribution is -0.145. The minimum Gasteiger partial charge on any atom is -0.481 e. The number of hydrogen-bond acceptors (Lipinski definition) is 2.